The molecule has 4 nitrogen and oxygen atoms in total. The van der Waals surface area contributed by atoms with E-state index in [-0.39, 0.29) is 18.0 Å². The van der Waals surface area contributed by atoms with Crippen molar-refractivity contribution in [3.8, 4) is 0 Å². The minimum absolute atomic E-state index is 0.0428. The zero-order valence-corrected chi connectivity index (χ0v) is 12.3. The van der Waals surface area contributed by atoms with Gasteiger partial charge in [0.05, 0.1) is 5.92 Å². The number of carbonyl (C=O) groups excluding carboxylic acids is 2. The van der Waals surface area contributed by atoms with E-state index in [1.54, 1.807) is 19.1 Å². The van der Waals surface area contributed by atoms with Crippen LogP contribution in [0.3, 0.4) is 0 Å². The van der Waals surface area contributed by atoms with Crippen LogP contribution in [-0.2, 0) is 9.59 Å². The number of rotatable bonds is 2. The number of anilines is 2. The molecule has 1 aliphatic rings. The zero-order valence-electron chi connectivity index (χ0n) is 12.3. The van der Waals surface area contributed by atoms with Gasteiger partial charge in [0.2, 0.25) is 11.8 Å². The zero-order chi connectivity index (χ0) is 16.6. The Hall–Kier alpha value is -2.76. The van der Waals surface area contributed by atoms with Crippen LogP contribution in [0.15, 0.2) is 36.4 Å². The van der Waals surface area contributed by atoms with Crippen molar-refractivity contribution in [3.05, 3.63) is 59.2 Å². The lowest BCUT2D eigenvalue weighted by atomic mass is 9.89. The van der Waals surface area contributed by atoms with Crippen molar-refractivity contribution >= 4 is 23.2 Å². The maximum atomic E-state index is 13.6. The third-order valence-electron chi connectivity index (χ3n) is 3.81. The van der Waals surface area contributed by atoms with E-state index in [1.807, 2.05) is 0 Å². The standard InChI is InChI=1S/C17H14F2N2O2/c1-9-2-4-11(7-14(9)19)20-17(23)13-8-16(22)21-15-6-10(18)3-5-12(13)15/h2-7,13H,8H2,1H3,(H,20,23)(H,21,22)/t13-/m1/s1. The van der Waals surface area contributed by atoms with Gasteiger partial charge in [-0.05, 0) is 42.3 Å². The number of nitrogens with one attached hydrogen (secondary N) is 2. The van der Waals surface area contributed by atoms with Gasteiger partial charge in [-0.2, -0.15) is 0 Å². The molecule has 1 aliphatic heterocycles. The third kappa shape index (κ3) is 3.06. The second kappa shape index (κ2) is 5.79. The molecule has 0 saturated carbocycles. The van der Waals surface area contributed by atoms with E-state index < -0.39 is 23.5 Å². The minimum Gasteiger partial charge on any atom is -0.326 e. The van der Waals surface area contributed by atoms with Gasteiger partial charge in [0.15, 0.2) is 0 Å². The second-order valence-corrected chi connectivity index (χ2v) is 5.49. The van der Waals surface area contributed by atoms with Gasteiger partial charge >= 0.3 is 0 Å². The highest BCUT2D eigenvalue weighted by Gasteiger charge is 2.31. The van der Waals surface area contributed by atoms with E-state index in [4.69, 9.17) is 0 Å². The summed E-state index contributed by atoms with van der Waals surface area (Å²) in [5.41, 5.74) is 1.61. The Balaban J connectivity index is 1.87. The topological polar surface area (TPSA) is 58.2 Å². The third-order valence-corrected chi connectivity index (χ3v) is 3.81. The number of amides is 2. The SMILES string of the molecule is Cc1ccc(NC(=O)[C@@H]2CC(=O)Nc3cc(F)ccc32)cc1F. The molecule has 0 unspecified atom stereocenters. The maximum Gasteiger partial charge on any atom is 0.232 e. The number of fused-ring (bicyclic) bond motifs is 1. The van der Waals surface area contributed by atoms with Crippen molar-refractivity contribution in [2.75, 3.05) is 10.6 Å². The Morgan fingerprint density at radius 1 is 1.22 bits per heavy atom. The highest BCUT2D eigenvalue weighted by Crippen LogP contribution is 2.33. The molecule has 6 heteroatoms. The number of aryl methyl sites for hydroxylation is 1. The van der Waals surface area contributed by atoms with Crippen LogP contribution < -0.4 is 10.6 Å². The van der Waals surface area contributed by atoms with Gasteiger partial charge in [0, 0.05) is 17.8 Å². The Morgan fingerprint density at radius 2 is 2.00 bits per heavy atom. The number of halogens is 2. The number of hydrogen-bond donors (Lipinski definition) is 2. The number of carbonyl (C=O) groups is 2. The number of benzene rings is 2. The van der Waals surface area contributed by atoms with Crippen LogP contribution in [0, 0.1) is 18.6 Å². The Labute approximate surface area is 131 Å². The summed E-state index contributed by atoms with van der Waals surface area (Å²) in [4.78, 5) is 24.2. The van der Waals surface area contributed by atoms with Crippen molar-refractivity contribution in [2.45, 2.75) is 19.3 Å². The van der Waals surface area contributed by atoms with Gasteiger partial charge < -0.3 is 10.6 Å². The molecule has 1 heterocycles. The van der Waals surface area contributed by atoms with E-state index in [9.17, 15) is 18.4 Å². The summed E-state index contributed by atoms with van der Waals surface area (Å²) < 4.78 is 26.8. The fraction of sp³-hybridized carbons (Fsp3) is 0.176. The normalized spacial score (nSPS) is 16.5. The summed E-state index contributed by atoms with van der Waals surface area (Å²) >= 11 is 0. The Kier molecular flexibility index (Phi) is 3.82. The summed E-state index contributed by atoms with van der Waals surface area (Å²) in [5.74, 6) is -2.46. The first kappa shape index (κ1) is 15.1. The molecule has 118 valence electrons. The summed E-state index contributed by atoms with van der Waals surface area (Å²) in [7, 11) is 0. The predicted molar refractivity (Wildman–Crippen MR) is 82.2 cm³/mol. The second-order valence-electron chi connectivity index (χ2n) is 5.49. The molecule has 0 saturated heterocycles. The van der Waals surface area contributed by atoms with E-state index >= 15 is 0 Å². The fourth-order valence-corrected chi connectivity index (χ4v) is 2.57. The smallest absolute Gasteiger partial charge is 0.232 e. The average molecular weight is 316 g/mol. The highest BCUT2D eigenvalue weighted by molar-refractivity contribution is 6.05. The molecule has 2 N–H and O–H groups in total. The van der Waals surface area contributed by atoms with Gasteiger partial charge in [-0.15, -0.1) is 0 Å². The van der Waals surface area contributed by atoms with Crippen molar-refractivity contribution in [1.29, 1.82) is 0 Å². The van der Waals surface area contributed by atoms with Crippen LogP contribution in [0.1, 0.15) is 23.5 Å². The van der Waals surface area contributed by atoms with E-state index in [0.717, 1.165) is 0 Å². The van der Waals surface area contributed by atoms with Crippen molar-refractivity contribution in [1.82, 2.24) is 0 Å². The molecule has 0 aromatic heterocycles. The molecular weight excluding hydrogens is 302 g/mol. The van der Waals surface area contributed by atoms with Gasteiger partial charge in [-0.25, -0.2) is 8.78 Å². The fourth-order valence-electron chi connectivity index (χ4n) is 2.57. The average Bonchev–Trinajstić information content (AvgIpc) is 2.49. The molecule has 0 fully saturated rings. The quantitative estimate of drug-likeness (QED) is 0.893. The molecular formula is C17H14F2N2O2. The van der Waals surface area contributed by atoms with Crippen LogP contribution in [0.4, 0.5) is 20.2 Å². The molecule has 0 spiro atoms. The van der Waals surface area contributed by atoms with E-state index in [2.05, 4.69) is 10.6 Å². The van der Waals surface area contributed by atoms with Gasteiger partial charge in [-0.1, -0.05) is 12.1 Å². The molecule has 2 aromatic carbocycles. The minimum atomic E-state index is -0.747. The first-order valence-electron chi connectivity index (χ1n) is 7.10. The van der Waals surface area contributed by atoms with Crippen molar-refractivity contribution in [2.24, 2.45) is 0 Å². The van der Waals surface area contributed by atoms with Crippen LogP contribution in [0.25, 0.3) is 0 Å². The van der Waals surface area contributed by atoms with E-state index in [0.29, 0.717) is 16.8 Å². The molecule has 23 heavy (non-hydrogen) atoms. The monoisotopic (exact) mass is 316 g/mol. The Bertz CT molecular complexity index is 805. The lowest BCUT2D eigenvalue weighted by Crippen LogP contribution is -2.30. The molecule has 2 aromatic rings. The van der Waals surface area contributed by atoms with E-state index in [1.165, 1.54) is 24.3 Å². The molecule has 0 radical (unpaired) electrons. The predicted octanol–water partition coefficient (Wildman–Crippen LogP) is 3.34. The van der Waals surface area contributed by atoms with Crippen LogP contribution in [0.2, 0.25) is 0 Å². The highest BCUT2D eigenvalue weighted by atomic mass is 19.1. The Morgan fingerprint density at radius 3 is 2.74 bits per heavy atom. The molecule has 0 aliphatic carbocycles. The largest absolute Gasteiger partial charge is 0.326 e. The van der Waals surface area contributed by atoms with Gasteiger partial charge in [-0.3, -0.25) is 9.59 Å². The van der Waals surface area contributed by atoms with Crippen molar-refractivity contribution in [3.63, 3.8) is 0 Å². The lowest BCUT2D eigenvalue weighted by Gasteiger charge is -2.25. The van der Waals surface area contributed by atoms with Crippen LogP contribution in [-0.4, -0.2) is 11.8 Å². The first-order chi connectivity index (χ1) is 10.9. The summed E-state index contributed by atoms with van der Waals surface area (Å²) in [6.07, 6.45) is -0.0428. The summed E-state index contributed by atoms with van der Waals surface area (Å²) in [6.45, 7) is 1.62. The summed E-state index contributed by atoms with van der Waals surface area (Å²) in [5, 5.41) is 5.15. The maximum absolute atomic E-state index is 13.6. The van der Waals surface area contributed by atoms with Crippen LogP contribution >= 0.6 is 0 Å². The van der Waals surface area contributed by atoms with Crippen molar-refractivity contribution < 1.29 is 18.4 Å². The number of hydrogen-bond acceptors (Lipinski definition) is 2. The lowest BCUT2D eigenvalue weighted by molar-refractivity contribution is -0.123. The molecule has 1 atom stereocenters. The molecule has 2 amide bonds. The summed E-state index contributed by atoms with van der Waals surface area (Å²) in [6, 6.07) is 8.26. The first-order valence-corrected chi connectivity index (χ1v) is 7.10. The molecule has 0 bridgehead atoms. The molecule has 3 rings (SSSR count). The van der Waals surface area contributed by atoms with Crippen LogP contribution in [0.5, 0.6) is 0 Å². The van der Waals surface area contributed by atoms with Gasteiger partial charge in [0.1, 0.15) is 11.6 Å². The van der Waals surface area contributed by atoms with Gasteiger partial charge in [0.25, 0.3) is 0 Å².